The smallest absolute Gasteiger partial charge is 0.409 e. The van der Waals surface area contributed by atoms with E-state index in [1.54, 1.807) is 24.3 Å². The van der Waals surface area contributed by atoms with Gasteiger partial charge < -0.3 is 4.74 Å². The minimum atomic E-state index is -0.596. The minimum absolute atomic E-state index is 0.426. The fraction of sp³-hybridized carbons (Fsp3) is 0.133. The van der Waals surface area contributed by atoms with Crippen LogP contribution in [0.3, 0.4) is 0 Å². The Hall–Kier alpha value is -1.23. The van der Waals surface area contributed by atoms with Crippen LogP contribution in [0.15, 0.2) is 34.8 Å². The molecule has 2 aromatic carbocycles. The van der Waals surface area contributed by atoms with Crippen LogP contribution in [0, 0.1) is 13.8 Å². The van der Waals surface area contributed by atoms with E-state index in [1.807, 2.05) is 19.9 Å². The van der Waals surface area contributed by atoms with E-state index in [-0.39, 0.29) is 0 Å². The number of halogens is 3. The van der Waals surface area contributed by atoms with Crippen molar-refractivity contribution in [3.63, 3.8) is 0 Å². The molecule has 0 saturated carbocycles. The molecule has 0 unspecified atom stereocenters. The van der Waals surface area contributed by atoms with Gasteiger partial charge in [0.2, 0.25) is 0 Å². The summed E-state index contributed by atoms with van der Waals surface area (Å²) in [6, 6.07) is 8.63. The Bertz CT molecular complexity index is 681. The third-order valence-corrected chi connectivity index (χ3v) is 4.02. The molecule has 0 spiro atoms. The molecule has 0 aliphatic carbocycles. The molecule has 2 rings (SSSR count). The summed E-state index contributed by atoms with van der Waals surface area (Å²) in [5.41, 5.74) is 2.26. The lowest BCUT2D eigenvalue weighted by Gasteiger charge is -2.11. The highest BCUT2D eigenvalue weighted by Crippen LogP contribution is 2.32. The van der Waals surface area contributed by atoms with Gasteiger partial charge in [-0.3, -0.25) is 5.32 Å². The number of amides is 1. The number of nitrogens with one attached hydrogen (secondary N) is 1. The van der Waals surface area contributed by atoms with Gasteiger partial charge in [-0.25, -0.2) is 4.79 Å². The largest absolute Gasteiger partial charge is 0.417 e. The highest BCUT2D eigenvalue weighted by Gasteiger charge is 2.12. The summed E-state index contributed by atoms with van der Waals surface area (Å²) in [6.45, 7) is 3.70. The molecule has 0 aromatic heterocycles. The summed E-state index contributed by atoms with van der Waals surface area (Å²) >= 11 is 15.3. The quantitative estimate of drug-likeness (QED) is 0.686. The molecule has 3 nitrogen and oxygen atoms in total. The zero-order valence-corrected chi connectivity index (χ0v) is 14.4. The van der Waals surface area contributed by atoms with Gasteiger partial charge in [0.05, 0.1) is 4.47 Å². The van der Waals surface area contributed by atoms with Crippen molar-refractivity contribution in [2.45, 2.75) is 13.8 Å². The van der Waals surface area contributed by atoms with Crippen LogP contribution in [-0.2, 0) is 0 Å². The van der Waals surface area contributed by atoms with Crippen molar-refractivity contribution in [1.29, 1.82) is 0 Å². The van der Waals surface area contributed by atoms with Gasteiger partial charge in [-0.15, -0.1) is 0 Å². The summed E-state index contributed by atoms with van der Waals surface area (Å²) < 4.78 is 5.92. The van der Waals surface area contributed by atoms with Gasteiger partial charge in [0, 0.05) is 15.7 Å². The maximum absolute atomic E-state index is 11.9. The van der Waals surface area contributed by atoms with Crippen molar-refractivity contribution in [2.75, 3.05) is 5.32 Å². The van der Waals surface area contributed by atoms with Crippen LogP contribution < -0.4 is 10.1 Å². The van der Waals surface area contributed by atoms with Gasteiger partial charge in [0.25, 0.3) is 0 Å². The molecule has 2 aromatic rings. The number of ether oxygens (including phenoxy) is 1. The van der Waals surface area contributed by atoms with Crippen LogP contribution in [0.5, 0.6) is 5.75 Å². The average molecular weight is 389 g/mol. The number of hydrogen-bond donors (Lipinski definition) is 1. The van der Waals surface area contributed by atoms with Crippen LogP contribution in [0.2, 0.25) is 10.0 Å². The zero-order chi connectivity index (χ0) is 15.6. The van der Waals surface area contributed by atoms with Crippen molar-refractivity contribution < 1.29 is 9.53 Å². The zero-order valence-electron chi connectivity index (χ0n) is 11.3. The Kier molecular flexibility index (Phi) is 5.14. The Morgan fingerprint density at radius 2 is 1.86 bits per heavy atom. The van der Waals surface area contributed by atoms with E-state index in [1.165, 1.54) is 0 Å². The highest BCUT2D eigenvalue weighted by atomic mass is 79.9. The molecular weight excluding hydrogens is 377 g/mol. The second-order valence-electron chi connectivity index (χ2n) is 4.51. The first kappa shape index (κ1) is 16.1. The molecule has 0 atom stereocenters. The Morgan fingerprint density at radius 3 is 2.48 bits per heavy atom. The van der Waals surface area contributed by atoms with E-state index >= 15 is 0 Å². The summed E-state index contributed by atoms with van der Waals surface area (Å²) in [7, 11) is 0. The number of rotatable bonds is 2. The normalized spacial score (nSPS) is 10.3. The summed E-state index contributed by atoms with van der Waals surface area (Å²) in [5, 5.41) is 3.78. The second kappa shape index (κ2) is 6.69. The Balaban J connectivity index is 2.13. The SMILES string of the molecule is Cc1ccc(NC(=O)Oc2c(C)cc(Cl)cc2Br)cc1Cl. The van der Waals surface area contributed by atoms with Gasteiger partial charge in [0.15, 0.2) is 0 Å². The van der Waals surface area contributed by atoms with E-state index in [0.29, 0.717) is 26.0 Å². The molecule has 0 heterocycles. The molecule has 21 heavy (non-hydrogen) atoms. The molecule has 1 amide bonds. The number of carbonyl (C=O) groups excluding carboxylic acids is 1. The van der Waals surface area contributed by atoms with Gasteiger partial charge in [-0.2, -0.15) is 0 Å². The average Bonchev–Trinajstić information content (AvgIpc) is 2.38. The molecule has 1 N–H and O–H groups in total. The summed E-state index contributed by atoms with van der Waals surface area (Å²) in [4.78, 5) is 11.9. The molecule has 0 aliphatic heterocycles. The predicted molar refractivity (Wildman–Crippen MR) is 89.7 cm³/mol. The van der Waals surface area contributed by atoms with Crippen LogP contribution in [-0.4, -0.2) is 6.09 Å². The molecular formula is C15H12BrCl2NO2. The number of benzene rings is 2. The van der Waals surface area contributed by atoms with Crippen molar-refractivity contribution >= 4 is 50.9 Å². The van der Waals surface area contributed by atoms with E-state index < -0.39 is 6.09 Å². The van der Waals surface area contributed by atoms with Crippen molar-refractivity contribution in [2.24, 2.45) is 0 Å². The first-order valence-corrected chi connectivity index (χ1v) is 7.62. The molecule has 0 bridgehead atoms. The lowest BCUT2D eigenvalue weighted by Crippen LogP contribution is -2.17. The first-order chi connectivity index (χ1) is 9.86. The predicted octanol–water partition coefficient (Wildman–Crippen LogP) is 5.98. The van der Waals surface area contributed by atoms with Crippen LogP contribution in [0.1, 0.15) is 11.1 Å². The lowest BCUT2D eigenvalue weighted by atomic mass is 10.2. The fourth-order valence-corrected chi connectivity index (χ4v) is 2.95. The van der Waals surface area contributed by atoms with Crippen molar-refractivity contribution in [1.82, 2.24) is 0 Å². The van der Waals surface area contributed by atoms with E-state index in [4.69, 9.17) is 27.9 Å². The number of aryl methyl sites for hydroxylation is 2. The molecule has 6 heteroatoms. The number of hydrogen-bond acceptors (Lipinski definition) is 2. The molecule has 0 aliphatic rings. The summed E-state index contributed by atoms with van der Waals surface area (Å²) in [5.74, 6) is 0.426. The van der Waals surface area contributed by atoms with Crippen LogP contribution in [0.25, 0.3) is 0 Å². The summed E-state index contributed by atoms with van der Waals surface area (Å²) in [6.07, 6.45) is -0.596. The standard InChI is InChI=1S/C15H12BrCl2NO2/c1-8-3-4-11(7-13(8)18)19-15(20)21-14-9(2)5-10(17)6-12(14)16/h3-7H,1-2H3,(H,19,20). The fourth-order valence-electron chi connectivity index (χ4n) is 1.72. The van der Waals surface area contributed by atoms with Gasteiger partial charge in [-0.05, 0) is 65.2 Å². The second-order valence-corrected chi connectivity index (χ2v) is 6.21. The van der Waals surface area contributed by atoms with E-state index in [2.05, 4.69) is 21.2 Å². The van der Waals surface area contributed by atoms with Crippen LogP contribution >= 0.6 is 39.1 Å². The monoisotopic (exact) mass is 387 g/mol. The topological polar surface area (TPSA) is 38.3 Å². The van der Waals surface area contributed by atoms with Gasteiger partial charge in [0.1, 0.15) is 5.75 Å². The maximum Gasteiger partial charge on any atom is 0.417 e. The highest BCUT2D eigenvalue weighted by molar-refractivity contribution is 9.10. The Labute approximate surface area is 141 Å². The number of carbonyl (C=O) groups is 1. The maximum atomic E-state index is 11.9. The van der Waals surface area contributed by atoms with Crippen LogP contribution in [0.4, 0.5) is 10.5 Å². The van der Waals surface area contributed by atoms with Crippen molar-refractivity contribution in [3.8, 4) is 5.75 Å². The lowest BCUT2D eigenvalue weighted by molar-refractivity contribution is 0.214. The minimum Gasteiger partial charge on any atom is -0.409 e. The molecule has 0 radical (unpaired) electrons. The molecule has 110 valence electrons. The van der Waals surface area contributed by atoms with Gasteiger partial charge >= 0.3 is 6.09 Å². The molecule has 0 fully saturated rings. The molecule has 0 saturated heterocycles. The third kappa shape index (κ3) is 4.13. The number of anilines is 1. The first-order valence-electron chi connectivity index (χ1n) is 6.07. The van der Waals surface area contributed by atoms with Gasteiger partial charge in [-0.1, -0.05) is 29.3 Å². The third-order valence-electron chi connectivity index (χ3n) is 2.81. The van der Waals surface area contributed by atoms with E-state index in [0.717, 1.165) is 11.1 Å². The van der Waals surface area contributed by atoms with E-state index in [9.17, 15) is 4.79 Å². The van der Waals surface area contributed by atoms with Crippen molar-refractivity contribution in [3.05, 3.63) is 56.0 Å². The Morgan fingerprint density at radius 1 is 1.14 bits per heavy atom.